The molecule has 1 aliphatic carbocycles. The Morgan fingerprint density at radius 3 is 2.69 bits per heavy atom. The van der Waals surface area contributed by atoms with Crippen molar-refractivity contribution in [1.82, 2.24) is 5.32 Å². The lowest BCUT2D eigenvalue weighted by molar-refractivity contribution is 0.111. The molecule has 0 bridgehead atoms. The van der Waals surface area contributed by atoms with Crippen LogP contribution in [0.5, 0.6) is 0 Å². The largest absolute Gasteiger partial charge is 0.393 e. The Morgan fingerprint density at radius 2 is 2.00 bits per heavy atom. The van der Waals surface area contributed by atoms with E-state index in [-0.39, 0.29) is 6.10 Å². The highest BCUT2D eigenvalue weighted by atomic mass is 16.3. The number of hydrogen-bond acceptors (Lipinski definition) is 2. The average molecular weight is 219 g/mol. The Bertz CT molecular complexity index is 320. The monoisotopic (exact) mass is 219 g/mol. The van der Waals surface area contributed by atoms with E-state index in [4.69, 9.17) is 0 Å². The minimum Gasteiger partial charge on any atom is -0.393 e. The first kappa shape index (κ1) is 11.6. The third kappa shape index (κ3) is 3.32. The highest BCUT2D eigenvalue weighted by Gasteiger charge is 2.19. The molecule has 0 unspecified atom stereocenters. The average Bonchev–Trinajstić information content (AvgIpc) is 2.28. The fourth-order valence-electron chi connectivity index (χ4n) is 2.32. The van der Waals surface area contributed by atoms with Crippen LogP contribution in [0.2, 0.25) is 0 Å². The van der Waals surface area contributed by atoms with E-state index in [1.165, 1.54) is 17.5 Å². The van der Waals surface area contributed by atoms with E-state index in [1.807, 2.05) is 0 Å². The van der Waals surface area contributed by atoms with Gasteiger partial charge in [0.15, 0.2) is 0 Å². The molecule has 0 radical (unpaired) electrons. The molecule has 2 nitrogen and oxygen atoms in total. The van der Waals surface area contributed by atoms with E-state index in [1.54, 1.807) is 0 Å². The maximum absolute atomic E-state index is 9.57. The molecule has 1 saturated carbocycles. The summed E-state index contributed by atoms with van der Waals surface area (Å²) in [5, 5.41) is 13.1. The zero-order valence-electron chi connectivity index (χ0n) is 9.95. The van der Waals surface area contributed by atoms with Gasteiger partial charge in [0.05, 0.1) is 6.10 Å². The maximum Gasteiger partial charge on any atom is 0.0555 e. The van der Waals surface area contributed by atoms with Crippen molar-refractivity contribution in [3.63, 3.8) is 0 Å². The molecule has 2 N–H and O–H groups in total. The minimum absolute atomic E-state index is 0.0933. The van der Waals surface area contributed by atoms with Gasteiger partial charge in [-0.15, -0.1) is 0 Å². The zero-order valence-corrected chi connectivity index (χ0v) is 9.95. The molecule has 0 saturated heterocycles. The predicted octanol–water partition coefficient (Wildman–Crippen LogP) is 2.39. The Balaban J connectivity index is 1.80. The second-order valence-electron chi connectivity index (χ2n) is 4.88. The molecule has 0 aliphatic heterocycles. The molecule has 2 atom stereocenters. The van der Waals surface area contributed by atoms with Gasteiger partial charge in [0.25, 0.3) is 0 Å². The summed E-state index contributed by atoms with van der Waals surface area (Å²) in [6.45, 7) is 3.02. The summed E-state index contributed by atoms with van der Waals surface area (Å²) >= 11 is 0. The van der Waals surface area contributed by atoms with E-state index >= 15 is 0 Å². The standard InChI is InChI=1S/C14H21NO/c1-11-5-7-12(8-6-11)10-15-13-3-2-4-14(16)9-13/h5-8,13-16H,2-4,9-10H2,1H3/t13-,14+/m0/s1. The van der Waals surface area contributed by atoms with Gasteiger partial charge >= 0.3 is 0 Å². The molecule has 16 heavy (non-hydrogen) atoms. The van der Waals surface area contributed by atoms with Crippen LogP contribution in [-0.2, 0) is 6.54 Å². The van der Waals surface area contributed by atoms with Crippen LogP contribution < -0.4 is 5.32 Å². The van der Waals surface area contributed by atoms with Crippen LogP contribution >= 0.6 is 0 Å². The Kier molecular flexibility index (Phi) is 3.97. The maximum atomic E-state index is 9.57. The van der Waals surface area contributed by atoms with E-state index < -0.39 is 0 Å². The second kappa shape index (κ2) is 5.46. The molecule has 88 valence electrons. The number of benzene rings is 1. The van der Waals surface area contributed by atoms with E-state index in [9.17, 15) is 5.11 Å². The molecule has 1 aromatic carbocycles. The predicted molar refractivity (Wildman–Crippen MR) is 66.3 cm³/mol. The minimum atomic E-state index is -0.0933. The highest BCUT2D eigenvalue weighted by Crippen LogP contribution is 2.18. The van der Waals surface area contributed by atoms with Crippen LogP contribution in [0.1, 0.15) is 36.8 Å². The molecule has 2 heteroatoms. The molecular formula is C14H21NO. The van der Waals surface area contributed by atoms with Crippen molar-refractivity contribution in [2.45, 2.75) is 51.3 Å². The van der Waals surface area contributed by atoms with Crippen molar-refractivity contribution in [3.8, 4) is 0 Å². The molecule has 2 rings (SSSR count). The molecule has 0 amide bonds. The molecule has 0 aromatic heterocycles. The van der Waals surface area contributed by atoms with Crippen LogP contribution in [-0.4, -0.2) is 17.3 Å². The summed E-state index contributed by atoms with van der Waals surface area (Å²) in [5.41, 5.74) is 2.63. The molecular weight excluding hydrogens is 198 g/mol. The fourth-order valence-corrected chi connectivity index (χ4v) is 2.32. The van der Waals surface area contributed by atoms with E-state index in [0.717, 1.165) is 25.8 Å². The van der Waals surface area contributed by atoms with Crippen LogP contribution in [0.4, 0.5) is 0 Å². The normalized spacial score (nSPS) is 25.6. The van der Waals surface area contributed by atoms with Crippen molar-refractivity contribution in [2.75, 3.05) is 0 Å². The van der Waals surface area contributed by atoms with Gasteiger partial charge in [-0.3, -0.25) is 0 Å². The first-order valence-corrected chi connectivity index (χ1v) is 6.21. The Morgan fingerprint density at radius 1 is 1.25 bits per heavy atom. The number of rotatable bonds is 3. The Labute approximate surface area is 97.7 Å². The van der Waals surface area contributed by atoms with Gasteiger partial charge in [-0.1, -0.05) is 29.8 Å². The van der Waals surface area contributed by atoms with Gasteiger partial charge in [0, 0.05) is 12.6 Å². The first-order valence-electron chi connectivity index (χ1n) is 6.21. The first-order chi connectivity index (χ1) is 7.74. The third-order valence-corrected chi connectivity index (χ3v) is 3.36. The lowest BCUT2D eigenvalue weighted by Crippen LogP contribution is -2.35. The summed E-state index contributed by atoms with van der Waals surface area (Å²) in [4.78, 5) is 0. The van der Waals surface area contributed by atoms with Crippen LogP contribution in [0.15, 0.2) is 24.3 Å². The Hall–Kier alpha value is -0.860. The van der Waals surface area contributed by atoms with Gasteiger partial charge in [-0.2, -0.15) is 0 Å². The van der Waals surface area contributed by atoms with Crippen molar-refractivity contribution < 1.29 is 5.11 Å². The number of aryl methyl sites for hydroxylation is 1. The molecule has 1 aliphatic rings. The van der Waals surface area contributed by atoms with Gasteiger partial charge in [-0.25, -0.2) is 0 Å². The van der Waals surface area contributed by atoms with Gasteiger partial charge in [0.2, 0.25) is 0 Å². The second-order valence-corrected chi connectivity index (χ2v) is 4.88. The van der Waals surface area contributed by atoms with Crippen molar-refractivity contribution in [1.29, 1.82) is 0 Å². The number of aliphatic hydroxyl groups excluding tert-OH is 1. The van der Waals surface area contributed by atoms with Crippen molar-refractivity contribution in [3.05, 3.63) is 35.4 Å². The summed E-state index contributed by atoms with van der Waals surface area (Å²) in [7, 11) is 0. The van der Waals surface area contributed by atoms with E-state index in [2.05, 4.69) is 36.5 Å². The molecule has 1 aromatic rings. The topological polar surface area (TPSA) is 32.3 Å². The lowest BCUT2D eigenvalue weighted by atomic mass is 9.93. The van der Waals surface area contributed by atoms with Crippen molar-refractivity contribution >= 4 is 0 Å². The summed E-state index contributed by atoms with van der Waals surface area (Å²) in [6, 6.07) is 9.12. The smallest absolute Gasteiger partial charge is 0.0555 e. The number of nitrogens with one attached hydrogen (secondary N) is 1. The van der Waals surface area contributed by atoms with E-state index in [0.29, 0.717) is 6.04 Å². The summed E-state index contributed by atoms with van der Waals surface area (Å²) in [6.07, 6.45) is 4.13. The highest BCUT2D eigenvalue weighted by molar-refractivity contribution is 5.21. The van der Waals surface area contributed by atoms with Crippen molar-refractivity contribution in [2.24, 2.45) is 0 Å². The van der Waals surface area contributed by atoms with Gasteiger partial charge < -0.3 is 10.4 Å². The van der Waals surface area contributed by atoms with Gasteiger partial charge in [-0.05, 0) is 38.2 Å². The van der Waals surface area contributed by atoms with Crippen LogP contribution in [0, 0.1) is 6.92 Å². The van der Waals surface area contributed by atoms with Crippen LogP contribution in [0.25, 0.3) is 0 Å². The SMILES string of the molecule is Cc1ccc(CN[C@H]2CCC[C@@H](O)C2)cc1. The zero-order chi connectivity index (χ0) is 11.4. The number of hydrogen-bond donors (Lipinski definition) is 2. The quantitative estimate of drug-likeness (QED) is 0.818. The summed E-state index contributed by atoms with van der Waals surface area (Å²) in [5.74, 6) is 0. The van der Waals surface area contributed by atoms with Crippen LogP contribution in [0.3, 0.4) is 0 Å². The third-order valence-electron chi connectivity index (χ3n) is 3.36. The number of aliphatic hydroxyl groups is 1. The molecule has 0 heterocycles. The fraction of sp³-hybridized carbons (Fsp3) is 0.571. The summed E-state index contributed by atoms with van der Waals surface area (Å²) < 4.78 is 0. The lowest BCUT2D eigenvalue weighted by Gasteiger charge is -2.26. The molecule has 0 spiro atoms. The van der Waals surface area contributed by atoms with Gasteiger partial charge in [0.1, 0.15) is 0 Å². The molecule has 1 fully saturated rings.